The molecule has 6 aromatic rings. The van der Waals surface area contributed by atoms with Crippen LogP contribution in [-0.4, -0.2) is 14.6 Å². The molecule has 0 saturated carbocycles. The average molecular weight is 416 g/mol. The maximum atomic E-state index is 4.54. The number of hydrogen-bond donors (Lipinski definition) is 0. The normalized spacial score (nSPS) is 11.0. The number of pyridine rings is 1. The molecule has 0 unspecified atom stereocenters. The Morgan fingerprint density at radius 1 is 0.625 bits per heavy atom. The Morgan fingerprint density at radius 2 is 1.28 bits per heavy atom. The lowest BCUT2D eigenvalue weighted by molar-refractivity contribution is 1.11. The van der Waals surface area contributed by atoms with Gasteiger partial charge in [-0.3, -0.25) is 4.40 Å². The molecule has 6 rings (SSSR count). The summed E-state index contributed by atoms with van der Waals surface area (Å²) in [7, 11) is 0. The molecule has 3 heteroatoms. The number of hydrogen-bond acceptors (Lipinski definition) is 2. The van der Waals surface area contributed by atoms with Crippen LogP contribution in [0.5, 0.6) is 0 Å². The van der Waals surface area contributed by atoms with E-state index in [0.717, 1.165) is 22.4 Å². The van der Waals surface area contributed by atoms with Crippen LogP contribution in [0.1, 0.15) is 19.4 Å². The van der Waals surface area contributed by atoms with Crippen LogP contribution in [0.25, 0.3) is 49.7 Å². The van der Waals surface area contributed by atoms with E-state index in [1.54, 1.807) is 0 Å². The molecule has 0 aliphatic carbocycles. The van der Waals surface area contributed by atoms with Gasteiger partial charge in [-0.1, -0.05) is 104 Å². The van der Waals surface area contributed by atoms with Crippen molar-refractivity contribution in [2.24, 2.45) is 0 Å². The first-order valence-corrected chi connectivity index (χ1v) is 11.1. The minimum Gasteiger partial charge on any atom is -0.281 e. The molecule has 0 fully saturated rings. The van der Waals surface area contributed by atoms with Crippen molar-refractivity contribution in [3.63, 3.8) is 0 Å². The molecule has 0 bridgehead atoms. The molecule has 32 heavy (non-hydrogen) atoms. The quantitative estimate of drug-likeness (QED) is 0.290. The summed E-state index contributed by atoms with van der Waals surface area (Å²) in [5, 5.41) is 13.9. The third kappa shape index (κ3) is 3.32. The van der Waals surface area contributed by atoms with Gasteiger partial charge in [0.15, 0.2) is 11.5 Å². The second-order valence-electron chi connectivity index (χ2n) is 7.73. The highest BCUT2D eigenvalue weighted by molar-refractivity contribution is 6.04. The van der Waals surface area contributed by atoms with E-state index in [1.165, 1.54) is 32.8 Å². The lowest BCUT2D eigenvalue weighted by Gasteiger charge is -2.11. The molecule has 2 heterocycles. The number of benzene rings is 4. The predicted molar refractivity (Wildman–Crippen MR) is 135 cm³/mol. The van der Waals surface area contributed by atoms with Crippen molar-refractivity contribution in [2.75, 3.05) is 0 Å². The Balaban J connectivity index is 0.00000105. The van der Waals surface area contributed by atoms with E-state index in [1.807, 2.05) is 13.8 Å². The molecule has 0 radical (unpaired) electrons. The standard InChI is InChI=1S/C27H19N3.C2H6/c1-18-10-12-20(13-11-18)26-28-29-27-24-9-5-4-8-23(24)25(17-30(26)27)22-15-14-19-6-2-3-7-21(19)16-22;1-2/h2-17H,1H3;1-2H3. The molecule has 0 saturated heterocycles. The number of aromatic nitrogens is 3. The van der Waals surface area contributed by atoms with E-state index >= 15 is 0 Å². The number of aryl methyl sites for hydroxylation is 1. The van der Waals surface area contributed by atoms with E-state index in [9.17, 15) is 0 Å². The van der Waals surface area contributed by atoms with Crippen LogP contribution in [0.15, 0.2) is 97.2 Å². The fraction of sp³-hybridized carbons (Fsp3) is 0.103. The van der Waals surface area contributed by atoms with Crippen LogP contribution < -0.4 is 0 Å². The maximum absolute atomic E-state index is 4.54. The smallest absolute Gasteiger partial charge is 0.169 e. The Morgan fingerprint density at radius 3 is 2.06 bits per heavy atom. The molecule has 0 aliphatic rings. The first kappa shape index (κ1) is 20.0. The van der Waals surface area contributed by atoms with Gasteiger partial charge in [0, 0.05) is 22.7 Å². The number of nitrogens with zero attached hydrogens (tertiary/aromatic N) is 3. The summed E-state index contributed by atoms with van der Waals surface area (Å²) in [5.74, 6) is 0.859. The first-order valence-electron chi connectivity index (χ1n) is 11.1. The van der Waals surface area contributed by atoms with Crippen LogP contribution in [-0.2, 0) is 0 Å². The van der Waals surface area contributed by atoms with Crippen LogP contribution in [0.2, 0.25) is 0 Å². The van der Waals surface area contributed by atoms with E-state index in [4.69, 9.17) is 0 Å². The Bertz CT molecular complexity index is 1540. The van der Waals surface area contributed by atoms with Gasteiger partial charge < -0.3 is 0 Å². The maximum Gasteiger partial charge on any atom is 0.169 e. The van der Waals surface area contributed by atoms with Crippen LogP contribution in [0.4, 0.5) is 0 Å². The molecule has 0 amide bonds. The molecule has 0 aliphatic heterocycles. The van der Waals surface area contributed by atoms with Crippen LogP contribution in [0.3, 0.4) is 0 Å². The van der Waals surface area contributed by atoms with Crippen LogP contribution in [0, 0.1) is 6.92 Å². The van der Waals surface area contributed by atoms with Crippen molar-refractivity contribution in [1.29, 1.82) is 0 Å². The topological polar surface area (TPSA) is 30.2 Å². The van der Waals surface area contributed by atoms with Gasteiger partial charge in [-0.2, -0.15) is 0 Å². The lowest BCUT2D eigenvalue weighted by Crippen LogP contribution is -1.93. The summed E-state index contributed by atoms with van der Waals surface area (Å²) in [6, 6.07) is 32.0. The van der Waals surface area contributed by atoms with E-state index in [-0.39, 0.29) is 0 Å². The number of rotatable bonds is 2. The van der Waals surface area contributed by atoms with Gasteiger partial charge in [0.25, 0.3) is 0 Å². The fourth-order valence-corrected chi connectivity index (χ4v) is 4.20. The summed E-state index contributed by atoms with van der Waals surface area (Å²) in [4.78, 5) is 0. The largest absolute Gasteiger partial charge is 0.281 e. The van der Waals surface area contributed by atoms with Crippen LogP contribution >= 0.6 is 0 Å². The van der Waals surface area contributed by atoms with E-state index < -0.39 is 0 Å². The highest BCUT2D eigenvalue weighted by Crippen LogP contribution is 2.34. The lowest BCUT2D eigenvalue weighted by atomic mass is 9.98. The third-order valence-corrected chi connectivity index (χ3v) is 5.78. The molecule has 4 aromatic carbocycles. The van der Waals surface area contributed by atoms with Crippen molar-refractivity contribution in [3.05, 3.63) is 103 Å². The SMILES string of the molecule is CC.Cc1ccc(-c2nnc3c4ccccc4c(-c4ccc5ccccc5c4)cn23)cc1. The molecular weight excluding hydrogens is 390 g/mol. The predicted octanol–water partition coefficient (Wildman–Crippen LogP) is 7.70. The van der Waals surface area contributed by atoms with Gasteiger partial charge in [-0.25, -0.2) is 0 Å². The molecular formula is C29H25N3. The van der Waals surface area contributed by atoms with Gasteiger partial charge in [0.1, 0.15) is 0 Å². The molecule has 3 nitrogen and oxygen atoms in total. The molecule has 0 spiro atoms. The molecule has 0 atom stereocenters. The summed E-state index contributed by atoms with van der Waals surface area (Å²) in [5.41, 5.74) is 5.54. The highest BCUT2D eigenvalue weighted by atomic mass is 15.2. The summed E-state index contributed by atoms with van der Waals surface area (Å²) in [6.07, 6.45) is 2.18. The second kappa shape index (κ2) is 8.27. The first-order chi connectivity index (χ1) is 15.8. The Labute approximate surface area is 188 Å². The van der Waals surface area contributed by atoms with Crippen molar-refractivity contribution < 1.29 is 0 Å². The van der Waals surface area contributed by atoms with E-state index in [2.05, 4.69) is 119 Å². The summed E-state index contributed by atoms with van der Waals surface area (Å²) in [6.45, 7) is 6.09. The Hall–Kier alpha value is -3.98. The summed E-state index contributed by atoms with van der Waals surface area (Å²) < 4.78 is 2.12. The van der Waals surface area contributed by atoms with Gasteiger partial charge in [-0.15, -0.1) is 10.2 Å². The zero-order valence-corrected chi connectivity index (χ0v) is 18.6. The van der Waals surface area contributed by atoms with Crippen molar-refractivity contribution >= 4 is 27.2 Å². The average Bonchev–Trinajstić information content (AvgIpc) is 3.29. The third-order valence-electron chi connectivity index (χ3n) is 5.78. The fourth-order valence-electron chi connectivity index (χ4n) is 4.20. The number of fused-ring (bicyclic) bond motifs is 4. The zero-order valence-electron chi connectivity index (χ0n) is 18.6. The van der Waals surface area contributed by atoms with Gasteiger partial charge in [0.2, 0.25) is 0 Å². The molecule has 156 valence electrons. The minimum absolute atomic E-state index is 0.859. The highest BCUT2D eigenvalue weighted by Gasteiger charge is 2.15. The van der Waals surface area contributed by atoms with Gasteiger partial charge in [-0.05, 0) is 34.7 Å². The van der Waals surface area contributed by atoms with Gasteiger partial charge in [0.05, 0.1) is 0 Å². The molecule has 2 aromatic heterocycles. The molecule has 0 N–H and O–H groups in total. The second-order valence-corrected chi connectivity index (χ2v) is 7.73. The van der Waals surface area contributed by atoms with Crippen molar-refractivity contribution in [2.45, 2.75) is 20.8 Å². The summed E-state index contributed by atoms with van der Waals surface area (Å²) >= 11 is 0. The zero-order chi connectivity index (χ0) is 22.1. The monoisotopic (exact) mass is 415 g/mol. The van der Waals surface area contributed by atoms with Crippen molar-refractivity contribution in [1.82, 2.24) is 14.6 Å². The van der Waals surface area contributed by atoms with Gasteiger partial charge >= 0.3 is 0 Å². The Kier molecular flexibility index (Phi) is 5.16. The minimum atomic E-state index is 0.859. The van der Waals surface area contributed by atoms with E-state index in [0.29, 0.717) is 0 Å². The van der Waals surface area contributed by atoms with Crippen molar-refractivity contribution in [3.8, 4) is 22.5 Å².